The van der Waals surface area contributed by atoms with Gasteiger partial charge in [0.05, 0.1) is 11.6 Å². The highest BCUT2D eigenvalue weighted by Gasteiger charge is 2.21. The Morgan fingerprint density at radius 3 is 2.55 bits per heavy atom. The first-order valence-corrected chi connectivity index (χ1v) is 6.74. The maximum absolute atomic E-state index is 11.5. The van der Waals surface area contributed by atoms with E-state index in [1.54, 1.807) is 4.68 Å². The molecule has 0 aliphatic carbocycles. The molecule has 1 unspecified atom stereocenters. The fourth-order valence-corrected chi connectivity index (χ4v) is 2.46. The summed E-state index contributed by atoms with van der Waals surface area (Å²) in [6.45, 7) is 3.93. The molecule has 0 aliphatic rings. The predicted octanol–water partition coefficient (Wildman–Crippen LogP) is 2.52. The van der Waals surface area contributed by atoms with Crippen molar-refractivity contribution in [2.45, 2.75) is 26.7 Å². The molecule has 0 aliphatic heterocycles. The molecule has 20 heavy (non-hydrogen) atoms. The number of carboxylic acids is 1. The normalized spacial score (nSPS) is 12.3. The number of hydrogen-bond donors (Lipinski definition) is 1. The molecule has 1 aromatic heterocycles. The summed E-state index contributed by atoms with van der Waals surface area (Å²) >= 11 is 0. The lowest BCUT2D eigenvalue weighted by atomic mass is 9.92. The summed E-state index contributed by atoms with van der Waals surface area (Å²) in [4.78, 5) is 11.5. The lowest BCUT2D eigenvalue weighted by Gasteiger charge is -2.14. The molecule has 1 heterocycles. The van der Waals surface area contributed by atoms with Crippen LogP contribution in [-0.4, -0.2) is 20.9 Å². The fraction of sp³-hybridized carbons (Fsp3) is 0.375. The van der Waals surface area contributed by atoms with E-state index >= 15 is 0 Å². The summed E-state index contributed by atoms with van der Waals surface area (Å²) in [6, 6.07) is 9.89. The van der Waals surface area contributed by atoms with Crippen molar-refractivity contribution in [1.82, 2.24) is 9.78 Å². The van der Waals surface area contributed by atoms with Crippen LogP contribution < -0.4 is 0 Å². The Morgan fingerprint density at radius 2 is 2.00 bits per heavy atom. The molecule has 2 rings (SSSR count). The van der Waals surface area contributed by atoms with E-state index in [2.05, 4.69) is 5.10 Å². The van der Waals surface area contributed by atoms with Gasteiger partial charge in [0.1, 0.15) is 0 Å². The van der Waals surface area contributed by atoms with Gasteiger partial charge in [0.15, 0.2) is 0 Å². The van der Waals surface area contributed by atoms with Crippen molar-refractivity contribution in [2.24, 2.45) is 13.0 Å². The molecular weight excluding hydrogens is 252 g/mol. The SMILES string of the molecule is Cc1cc(CC(Cc2ccccc2C)C(=O)O)n(C)n1. The van der Waals surface area contributed by atoms with E-state index in [1.165, 1.54) is 0 Å². The zero-order valence-electron chi connectivity index (χ0n) is 12.1. The molecule has 0 spiro atoms. The van der Waals surface area contributed by atoms with Gasteiger partial charge in [0.2, 0.25) is 0 Å². The summed E-state index contributed by atoms with van der Waals surface area (Å²) < 4.78 is 1.77. The minimum atomic E-state index is -0.757. The van der Waals surface area contributed by atoms with Gasteiger partial charge in [0.25, 0.3) is 0 Å². The van der Waals surface area contributed by atoms with Crippen LogP contribution in [0.4, 0.5) is 0 Å². The largest absolute Gasteiger partial charge is 0.481 e. The Morgan fingerprint density at radius 1 is 1.30 bits per heavy atom. The Labute approximate surface area is 119 Å². The van der Waals surface area contributed by atoms with E-state index in [4.69, 9.17) is 0 Å². The van der Waals surface area contributed by atoms with Crippen molar-refractivity contribution in [2.75, 3.05) is 0 Å². The number of carboxylic acid groups (broad SMARTS) is 1. The van der Waals surface area contributed by atoms with Crippen LogP contribution in [0.1, 0.15) is 22.5 Å². The van der Waals surface area contributed by atoms with Crippen LogP contribution in [0.2, 0.25) is 0 Å². The van der Waals surface area contributed by atoms with Crippen LogP contribution in [0.5, 0.6) is 0 Å². The standard InChI is InChI=1S/C16H20N2O2/c1-11-6-4-5-7-13(11)9-14(16(19)20)10-15-8-12(2)17-18(15)3/h4-8,14H,9-10H2,1-3H3,(H,19,20). The Hall–Kier alpha value is -2.10. The van der Waals surface area contributed by atoms with Gasteiger partial charge in [-0.2, -0.15) is 5.10 Å². The zero-order chi connectivity index (χ0) is 14.7. The monoisotopic (exact) mass is 272 g/mol. The zero-order valence-corrected chi connectivity index (χ0v) is 12.1. The molecule has 0 saturated heterocycles. The molecule has 0 radical (unpaired) electrons. The lowest BCUT2D eigenvalue weighted by Crippen LogP contribution is -2.21. The number of nitrogens with zero attached hydrogens (tertiary/aromatic N) is 2. The number of aliphatic carboxylic acids is 1. The van der Waals surface area contributed by atoms with Crippen molar-refractivity contribution in [3.05, 3.63) is 52.8 Å². The number of benzene rings is 1. The van der Waals surface area contributed by atoms with E-state index in [-0.39, 0.29) is 0 Å². The quantitative estimate of drug-likeness (QED) is 0.910. The van der Waals surface area contributed by atoms with Gasteiger partial charge in [-0.3, -0.25) is 9.48 Å². The molecule has 1 N–H and O–H groups in total. The molecule has 1 atom stereocenters. The Bertz CT molecular complexity index is 617. The van der Waals surface area contributed by atoms with E-state index in [0.717, 1.165) is 22.5 Å². The number of aromatic nitrogens is 2. The van der Waals surface area contributed by atoms with Crippen LogP contribution in [0, 0.1) is 19.8 Å². The second kappa shape index (κ2) is 5.90. The third-order valence-corrected chi connectivity index (χ3v) is 3.63. The predicted molar refractivity (Wildman–Crippen MR) is 77.7 cm³/mol. The average molecular weight is 272 g/mol. The van der Waals surface area contributed by atoms with Gasteiger partial charge in [0, 0.05) is 19.2 Å². The van der Waals surface area contributed by atoms with Crippen molar-refractivity contribution in [1.29, 1.82) is 0 Å². The topological polar surface area (TPSA) is 55.1 Å². The number of hydrogen-bond acceptors (Lipinski definition) is 2. The molecular formula is C16H20N2O2. The third-order valence-electron chi connectivity index (χ3n) is 3.63. The molecule has 0 bridgehead atoms. The Kier molecular flexibility index (Phi) is 4.23. The molecule has 106 valence electrons. The van der Waals surface area contributed by atoms with Gasteiger partial charge >= 0.3 is 5.97 Å². The minimum Gasteiger partial charge on any atom is -0.481 e. The number of carbonyl (C=O) groups is 1. The maximum atomic E-state index is 11.5. The summed E-state index contributed by atoms with van der Waals surface area (Å²) in [5, 5.41) is 13.7. The fourth-order valence-electron chi connectivity index (χ4n) is 2.46. The Balaban J connectivity index is 2.18. The minimum absolute atomic E-state index is 0.425. The molecule has 1 aromatic carbocycles. The molecule has 4 nitrogen and oxygen atoms in total. The molecule has 0 saturated carbocycles. The summed E-state index contributed by atoms with van der Waals surface area (Å²) in [7, 11) is 1.86. The van der Waals surface area contributed by atoms with Crippen molar-refractivity contribution >= 4 is 5.97 Å². The highest BCUT2D eigenvalue weighted by molar-refractivity contribution is 5.70. The van der Waals surface area contributed by atoms with Gasteiger partial charge < -0.3 is 5.11 Å². The van der Waals surface area contributed by atoms with Crippen LogP contribution in [0.25, 0.3) is 0 Å². The summed E-state index contributed by atoms with van der Waals surface area (Å²) in [6.07, 6.45) is 1.05. The van der Waals surface area contributed by atoms with Crippen molar-refractivity contribution in [3.63, 3.8) is 0 Å². The van der Waals surface area contributed by atoms with E-state index in [0.29, 0.717) is 12.8 Å². The number of aryl methyl sites for hydroxylation is 3. The first-order valence-electron chi connectivity index (χ1n) is 6.74. The van der Waals surface area contributed by atoms with Crippen LogP contribution in [0.3, 0.4) is 0 Å². The second-order valence-electron chi connectivity index (χ2n) is 5.27. The summed E-state index contributed by atoms with van der Waals surface area (Å²) in [5.74, 6) is -1.18. The lowest BCUT2D eigenvalue weighted by molar-refractivity contribution is -0.141. The molecule has 4 heteroatoms. The maximum Gasteiger partial charge on any atom is 0.307 e. The number of rotatable bonds is 5. The third kappa shape index (κ3) is 3.26. The molecule has 0 fully saturated rings. The molecule has 0 amide bonds. The van der Waals surface area contributed by atoms with Crippen LogP contribution in [-0.2, 0) is 24.7 Å². The van der Waals surface area contributed by atoms with Crippen molar-refractivity contribution in [3.8, 4) is 0 Å². The first-order chi connectivity index (χ1) is 9.47. The van der Waals surface area contributed by atoms with Gasteiger partial charge in [-0.25, -0.2) is 0 Å². The second-order valence-corrected chi connectivity index (χ2v) is 5.27. The summed E-state index contributed by atoms with van der Waals surface area (Å²) in [5.41, 5.74) is 4.12. The van der Waals surface area contributed by atoms with E-state index in [9.17, 15) is 9.90 Å². The van der Waals surface area contributed by atoms with Gasteiger partial charge in [-0.1, -0.05) is 24.3 Å². The van der Waals surface area contributed by atoms with Gasteiger partial charge in [-0.15, -0.1) is 0 Å². The highest BCUT2D eigenvalue weighted by Crippen LogP contribution is 2.18. The van der Waals surface area contributed by atoms with E-state index in [1.807, 2.05) is 51.2 Å². The van der Waals surface area contributed by atoms with Gasteiger partial charge in [-0.05, 0) is 37.5 Å². The first kappa shape index (κ1) is 14.3. The van der Waals surface area contributed by atoms with Crippen LogP contribution >= 0.6 is 0 Å². The van der Waals surface area contributed by atoms with E-state index < -0.39 is 11.9 Å². The van der Waals surface area contributed by atoms with Crippen molar-refractivity contribution < 1.29 is 9.90 Å². The average Bonchev–Trinajstić information content (AvgIpc) is 2.69. The van der Waals surface area contributed by atoms with Crippen LogP contribution in [0.15, 0.2) is 30.3 Å². The smallest absolute Gasteiger partial charge is 0.307 e. The molecule has 2 aromatic rings. The highest BCUT2D eigenvalue weighted by atomic mass is 16.4.